The van der Waals surface area contributed by atoms with Crippen molar-refractivity contribution in [1.82, 2.24) is 29.8 Å². The first kappa shape index (κ1) is 15.7. The lowest BCUT2D eigenvalue weighted by Gasteiger charge is -2.44. The smallest absolute Gasteiger partial charge is 0.225 e. The van der Waals surface area contributed by atoms with Crippen LogP contribution >= 0.6 is 11.6 Å². The van der Waals surface area contributed by atoms with E-state index in [-0.39, 0.29) is 0 Å². The summed E-state index contributed by atoms with van der Waals surface area (Å²) in [5, 5.41) is 13.9. The van der Waals surface area contributed by atoms with Crippen molar-refractivity contribution in [2.75, 3.05) is 29.9 Å². The lowest BCUT2D eigenvalue weighted by Crippen LogP contribution is -2.59. The Kier molecular flexibility index (Phi) is 3.66. The van der Waals surface area contributed by atoms with Gasteiger partial charge in [0.2, 0.25) is 5.95 Å². The maximum Gasteiger partial charge on any atom is 0.225 e. The summed E-state index contributed by atoms with van der Waals surface area (Å²) in [6, 6.07) is 4.36. The van der Waals surface area contributed by atoms with Crippen LogP contribution in [0, 0.1) is 0 Å². The fourth-order valence-corrected chi connectivity index (χ4v) is 3.52. The van der Waals surface area contributed by atoms with E-state index in [0.29, 0.717) is 22.9 Å². The topological polar surface area (TPSA) is 75.3 Å². The highest BCUT2D eigenvalue weighted by Crippen LogP contribution is 2.35. The van der Waals surface area contributed by atoms with E-state index in [9.17, 15) is 0 Å². The van der Waals surface area contributed by atoms with Crippen LogP contribution in [0.5, 0.6) is 0 Å². The number of halogens is 1. The van der Waals surface area contributed by atoms with Crippen molar-refractivity contribution < 1.29 is 0 Å². The van der Waals surface area contributed by atoms with Gasteiger partial charge < -0.3 is 9.80 Å². The van der Waals surface area contributed by atoms with Crippen LogP contribution in [0.25, 0.3) is 5.65 Å². The van der Waals surface area contributed by atoms with Crippen molar-refractivity contribution >= 4 is 29.0 Å². The molecule has 0 amide bonds. The lowest BCUT2D eigenvalue weighted by atomic mass is 9.85. The SMILES string of the molecule is CN(c1ncc(Cl)cn1)C1CN(c2ccc3nnc(C4CCC4)n3n2)C1. The standard InChI is InChI=1S/C17H19ClN8/c1-24(17-19-7-12(18)8-20-17)13-9-25(10-13)15-6-5-14-21-22-16(26(14)23-15)11-3-2-4-11/h5-8,11,13H,2-4,9-10H2,1H3. The van der Waals surface area contributed by atoms with Gasteiger partial charge in [0.05, 0.1) is 23.5 Å². The third kappa shape index (κ3) is 2.56. The molecule has 0 aromatic carbocycles. The molecule has 0 spiro atoms. The summed E-state index contributed by atoms with van der Waals surface area (Å²) in [4.78, 5) is 12.9. The van der Waals surface area contributed by atoms with Crippen molar-refractivity contribution in [3.63, 3.8) is 0 Å². The highest BCUT2D eigenvalue weighted by atomic mass is 35.5. The Morgan fingerprint density at radius 3 is 2.58 bits per heavy atom. The molecule has 0 N–H and O–H groups in total. The second-order valence-corrected chi connectivity index (χ2v) is 7.45. The van der Waals surface area contributed by atoms with Crippen LogP contribution in [0.1, 0.15) is 31.0 Å². The molecule has 5 rings (SSSR count). The number of rotatable bonds is 4. The third-order valence-corrected chi connectivity index (χ3v) is 5.59. The first-order valence-corrected chi connectivity index (χ1v) is 9.24. The number of likely N-dealkylation sites (N-methyl/N-ethyl adjacent to an activating group) is 1. The van der Waals surface area contributed by atoms with Crippen LogP contribution in [0.4, 0.5) is 11.8 Å². The molecule has 1 aliphatic heterocycles. The second kappa shape index (κ2) is 6.05. The average Bonchev–Trinajstić information content (AvgIpc) is 2.96. The van der Waals surface area contributed by atoms with Gasteiger partial charge in [-0.05, 0) is 25.0 Å². The van der Waals surface area contributed by atoms with Crippen molar-refractivity contribution in [2.24, 2.45) is 0 Å². The van der Waals surface area contributed by atoms with E-state index in [1.165, 1.54) is 19.3 Å². The number of fused-ring (bicyclic) bond motifs is 1. The molecule has 0 unspecified atom stereocenters. The molecule has 3 aromatic heterocycles. The van der Waals surface area contributed by atoms with Gasteiger partial charge >= 0.3 is 0 Å². The summed E-state index contributed by atoms with van der Waals surface area (Å²) in [5.74, 6) is 3.15. The number of hydrogen-bond acceptors (Lipinski definition) is 7. The Morgan fingerprint density at radius 2 is 1.88 bits per heavy atom. The Morgan fingerprint density at radius 1 is 1.12 bits per heavy atom. The normalized spacial score (nSPS) is 18.0. The molecule has 134 valence electrons. The van der Waals surface area contributed by atoms with Gasteiger partial charge in [0.15, 0.2) is 11.5 Å². The van der Waals surface area contributed by atoms with Crippen LogP contribution in [0.2, 0.25) is 5.02 Å². The first-order chi connectivity index (χ1) is 12.7. The number of hydrogen-bond donors (Lipinski definition) is 0. The van der Waals surface area contributed by atoms with Gasteiger partial charge in [0, 0.05) is 26.1 Å². The third-order valence-electron chi connectivity index (χ3n) is 5.40. The van der Waals surface area contributed by atoms with E-state index >= 15 is 0 Å². The molecule has 0 bridgehead atoms. The first-order valence-electron chi connectivity index (χ1n) is 8.87. The van der Waals surface area contributed by atoms with E-state index in [0.717, 1.165) is 30.4 Å². The molecule has 8 nitrogen and oxygen atoms in total. The number of aromatic nitrogens is 6. The molecule has 9 heteroatoms. The Bertz CT molecular complexity index is 930. The molecule has 4 heterocycles. The minimum absolute atomic E-state index is 0.348. The number of nitrogens with zero attached hydrogens (tertiary/aromatic N) is 8. The van der Waals surface area contributed by atoms with Crippen LogP contribution in [-0.4, -0.2) is 56.0 Å². The van der Waals surface area contributed by atoms with Crippen LogP contribution in [-0.2, 0) is 0 Å². The molecule has 1 saturated heterocycles. The molecular formula is C17H19ClN8. The maximum absolute atomic E-state index is 5.86. The van der Waals surface area contributed by atoms with E-state index in [1.54, 1.807) is 12.4 Å². The zero-order chi connectivity index (χ0) is 17.7. The molecule has 2 aliphatic rings. The van der Waals surface area contributed by atoms with E-state index in [2.05, 4.69) is 30.0 Å². The van der Waals surface area contributed by atoms with E-state index in [1.807, 2.05) is 23.7 Å². The van der Waals surface area contributed by atoms with E-state index < -0.39 is 0 Å². The van der Waals surface area contributed by atoms with Crippen molar-refractivity contribution in [3.8, 4) is 0 Å². The lowest BCUT2D eigenvalue weighted by molar-refractivity contribution is 0.394. The summed E-state index contributed by atoms with van der Waals surface area (Å²) >= 11 is 5.86. The largest absolute Gasteiger partial charge is 0.351 e. The quantitative estimate of drug-likeness (QED) is 0.696. The minimum atomic E-state index is 0.348. The van der Waals surface area contributed by atoms with Crippen molar-refractivity contribution in [1.29, 1.82) is 0 Å². The van der Waals surface area contributed by atoms with Crippen molar-refractivity contribution in [2.45, 2.75) is 31.2 Å². The second-order valence-electron chi connectivity index (χ2n) is 7.02. The molecule has 1 aliphatic carbocycles. The summed E-state index contributed by atoms with van der Waals surface area (Å²) in [6.45, 7) is 1.75. The van der Waals surface area contributed by atoms with Crippen LogP contribution in [0.3, 0.4) is 0 Å². The van der Waals surface area contributed by atoms with Gasteiger partial charge in [-0.15, -0.1) is 15.3 Å². The average molecular weight is 371 g/mol. The summed E-state index contributed by atoms with van der Waals surface area (Å²) < 4.78 is 1.92. The highest BCUT2D eigenvalue weighted by molar-refractivity contribution is 6.30. The van der Waals surface area contributed by atoms with Crippen LogP contribution in [0.15, 0.2) is 24.5 Å². The Labute approximate surface area is 155 Å². The molecular weight excluding hydrogens is 352 g/mol. The summed E-state index contributed by atoms with van der Waals surface area (Å²) in [6.07, 6.45) is 6.89. The minimum Gasteiger partial charge on any atom is -0.351 e. The van der Waals surface area contributed by atoms with Crippen molar-refractivity contribution in [3.05, 3.63) is 35.4 Å². The summed E-state index contributed by atoms with van der Waals surface area (Å²) in [5.41, 5.74) is 0.819. The predicted molar refractivity (Wildman–Crippen MR) is 98.8 cm³/mol. The summed E-state index contributed by atoms with van der Waals surface area (Å²) in [7, 11) is 2.01. The molecule has 26 heavy (non-hydrogen) atoms. The van der Waals surface area contributed by atoms with Crippen LogP contribution < -0.4 is 9.80 Å². The highest BCUT2D eigenvalue weighted by Gasteiger charge is 2.33. The fourth-order valence-electron chi connectivity index (χ4n) is 3.42. The molecule has 3 aromatic rings. The van der Waals surface area contributed by atoms with Gasteiger partial charge in [0.25, 0.3) is 0 Å². The fraction of sp³-hybridized carbons (Fsp3) is 0.471. The molecule has 1 saturated carbocycles. The monoisotopic (exact) mass is 370 g/mol. The zero-order valence-corrected chi connectivity index (χ0v) is 15.2. The van der Waals surface area contributed by atoms with Gasteiger partial charge in [-0.1, -0.05) is 18.0 Å². The van der Waals surface area contributed by atoms with Gasteiger partial charge in [-0.3, -0.25) is 0 Å². The zero-order valence-electron chi connectivity index (χ0n) is 14.5. The van der Waals surface area contributed by atoms with E-state index in [4.69, 9.17) is 16.7 Å². The Balaban J connectivity index is 1.31. The number of anilines is 2. The predicted octanol–water partition coefficient (Wildman–Crippen LogP) is 2.16. The molecule has 0 atom stereocenters. The van der Waals surface area contributed by atoms with Gasteiger partial charge in [-0.2, -0.15) is 4.52 Å². The molecule has 2 fully saturated rings. The molecule has 0 radical (unpaired) electrons. The maximum atomic E-state index is 5.86. The van der Waals surface area contributed by atoms with Gasteiger partial charge in [-0.25, -0.2) is 9.97 Å². The Hall–Kier alpha value is -2.48. The van der Waals surface area contributed by atoms with Gasteiger partial charge in [0.1, 0.15) is 5.82 Å².